The van der Waals surface area contributed by atoms with Crippen LogP contribution in [0.4, 0.5) is 8.78 Å². The van der Waals surface area contributed by atoms with Gasteiger partial charge in [0.25, 0.3) is 0 Å². The van der Waals surface area contributed by atoms with E-state index >= 15 is 0 Å². The lowest BCUT2D eigenvalue weighted by Crippen LogP contribution is -1.92. The normalized spacial score (nSPS) is 10.5. The maximum atomic E-state index is 13.9. The Balaban J connectivity index is 2.10. The van der Waals surface area contributed by atoms with Gasteiger partial charge >= 0.3 is 0 Å². The van der Waals surface area contributed by atoms with Gasteiger partial charge in [0.05, 0.1) is 22.0 Å². The standard InChI is InChI=1S/C15H7F2N3S/c16-11-5-9(7-18)6-12(17)14(11)21-15-10-3-1-2-4-13(10)19-8-20-15/h1-6,8H. The molecule has 0 saturated carbocycles. The lowest BCUT2D eigenvalue weighted by molar-refractivity contribution is 0.540. The zero-order valence-corrected chi connectivity index (χ0v) is 11.4. The number of fused-ring (bicyclic) bond motifs is 1. The summed E-state index contributed by atoms with van der Waals surface area (Å²) < 4.78 is 27.9. The second-order valence-corrected chi connectivity index (χ2v) is 5.18. The van der Waals surface area contributed by atoms with Crippen molar-refractivity contribution in [2.24, 2.45) is 0 Å². The van der Waals surface area contributed by atoms with Gasteiger partial charge in [-0.3, -0.25) is 0 Å². The van der Waals surface area contributed by atoms with E-state index in [1.165, 1.54) is 6.33 Å². The molecule has 0 fully saturated rings. The summed E-state index contributed by atoms with van der Waals surface area (Å²) in [5, 5.41) is 9.87. The molecule has 0 saturated heterocycles. The number of para-hydroxylation sites is 1. The molecule has 0 unspecified atom stereocenters. The highest BCUT2D eigenvalue weighted by Crippen LogP contribution is 2.34. The molecule has 0 spiro atoms. The van der Waals surface area contributed by atoms with Gasteiger partial charge in [0, 0.05) is 5.39 Å². The molecule has 0 atom stereocenters. The maximum Gasteiger partial charge on any atom is 0.141 e. The fourth-order valence-corrected chi connectivity index (χ4v) is 2.77. The SMILES string of the molecule is N#Cc1cc(F)c(Sc2ncnc3ccccc23)c(F)c1. The van der Waals surface area contributed by atoms with Crippen LogP contribution in [0.1, 0.15) is 5.56 Å². The van der Waals surface area contributed by atoms with Crippen LogP contribution in [0.5, 0.6) is 0 Å². The first-order chi connectivity index (χ1) is 10.2. The number of nitriles is 1. The van der Waals surface area contributed by atoms with Crippen molar-refractivity contribution >= 4 is 22.7 Å². The molecule has 1 aromatic heterocycles. The number of aromatic nitrogens is 2. The van der Waals surface area contributed by atoms with E-state index in [1.54, 1.807) is 24.3 Å². The number of rotatable bonds is 2. The van der Waals surface area contributed by atoms with Gasteiger partial charge in [-0.2, -0.15) is 5.26 Å². The fourth-order valence-electron chi connectivity index (χ4n) is 1.88. The van der Waals surface area contributed by atoms with Crippen LogP contribution in [0, 0.1) is 23.0 Å². The monoisotopic (exact) mass is 299 g/mol. The molecule has 0 amide bonds. The van der Waals surface area contributed by atoms with Gasteiger partial charge in [-0.05, 0) is 18.2 Å². The third-order valence-corrected chi connectivity index (χ3v) is 3.95. The first-order valence-corrected chi connectivity index (χ1v) is 6.77. The van der Waals surface area contributed by atoms with Crippen LogP contribution in [-0.4, -0.2) is 9.97 Å². The molecule has 0 aliphatic heterocycles. The van der Waals surface area contributed by atoms with Crippen molar-refractivity contribution in [1.29, 1.82) is 5.26 Å². The van der Waals surface area contributed by atoms with Crippen LogP contribution in [-0.2, 0) is 0 Å². The van der Waals surface area contributed by atoms with Crippen molar-refractivity contribution < 1.29 is 8.78 Å². The third-order valence-electron chi connectivity index (χ3n) is 2.83. The van der Waals surface area contributed by atoms with E-state index in [1.807, 2.05) is 6.07 Å². The first-order valence-electron chi connectivity index (χ1n) is 5.96. The quantitative estimate of drug-likeness (QED) is 0.673. The van der Waals surface area contributed by atoms with Crippen molar-refractivity contribution in [2.75, 3.05) is 0 Å². The van der Waals surface area contributed by atoms with E-state index in [0.717, 1.165) is 23.9 Å². The third kappa shape index (κ3) is 2.56. The molecule has 3 nitrogen and oxygen atoms in total. The average molecular weight is 299 g/mol. The van der Waals surface area contributed by atoms with E-state index in [9.17, 15) is 8.78 Å². The minimum atomic E-state index is -0.778. The van der Waals surface area contributed by atoms with Crippen molar-refractivity contribution in [3.63, 3.8) is 0 Å². The summed E-state index contributed by atoms with van der Waals surface area (Å²) in [5.74, 6) is -1.56. The second-order valence-electron chi connectivity index (χ2n) is 4.18. The predicted molar refractivity (Wildman–Crippen MR) is 74.7 cm³/mol. The van der Waals surface area contributed by atoms with Crippen molar-refractivity contribution in [3.05, 3.63) is 59.9 Å². The molecule has 0 bridgehead atoms. The molecule has 21 heavy (non-hydrogen) atoms. The van der Waals surface area contributed by atoms with E-state index in [0.29, 0.717) is 15.9 Å². The molecule has 6 heteroatoms. The second kappa shape index (κ2) is 5.46. The topological polar surface area (TPSA) is 49.6 Å². The van der Waals surface area contributed by atoms with E-state index in [2.05, 4.69) is 9.97 Å². The fraction of sp³-hybridized carbons (Fsp3) is 0. The molecule has 0 radical (unpaired) electrons. The molecule has 0 aliphatic rings. The molecular weight excluding hydrogens is 292 g/mol. The lowest BCUT2D eigenvalue weighted by atomic mass is 10.2. The van der Waals surface area contributed by atoms with Crippen LogP contribution in [0.25, 0.3) is 10.9 Å². The van der Waals surface area contributed by atoms with E-state index in [-0.39, 0.29) is 10.5 Å². The zero-order valence-electron chi connectivity index (χ0n) is 10.5. The highest BCUT2D eigenvalue weighted by molar-refractivity contribution is 7.99. The first kappa shape index (κ1) is 13.5. The molecule has 102 valence electrons. The van der Waals surface area contributed by atoms with Crippen LogP contribution in [0.15, 0.2) is 52.6 Å². The van der Waals surface area contributed by atoms with Crippen molar-refractivity contribution in [1.82, 2.24) is 9.97 Å². The number of hydrogen-bond donors (Lipinski definition) is 0. The Morgan fingerprint density at radius 3 is 2.48 bits per heavy atom. The number of nitrogens with zero attached hydrogens (tertiary/aromatic N) is 3. The Morgan fingerprint density at radius 1 is 1.05 bits per heavy atom. The van der Waals surface area contributed by atoms with Crippen molar-refractivity contribution in [2.45, 2.75) is 9.92 Å². The maximum absolute atomic E-state index is 13.9. The minimum absolute atomic E-state index is 0.0538. The molecular formula is C15H7F2N3S. The van der Waals surface area contributed by atoms with Crippen LogP contribution < -0.4 is 0 Å². The summed E-state index contributed by atoms with van der Waals surface area (Å²) >= 11 is 0.879. The van der Waals surface area contributed by atoms with Gasteiger partial charge in [0.2, 0.25) is 0 Å². The number of halogens is 2. The highest BCUT2D eigenvalue weighted by atomic mass is 32.2. The molecule has 0 aliphatic carbocycles. The van der Waals surface area contributed by atoms with E-state index in [4.69, 9.17) is 5.26 Å². The molecule has 2 aromatic carbocycles. The van der Waals surface area contributed by atoms with Gasteiger partial charge in [0.15, 0.2) is 0 Å². The zero-order chi connectivity index (χ0) is 14.8. The van der Waals surface area contributed by atoms with Gasteiger partial charge in [-0.1, -0.05) is 30.0 Å². The Morgan fingerprint density at radius 2 is 1.76 bits per heavy atom. The predicted octanol–water partition coefficient (Wildman–Crippen LogP) is 3.93. The smallest absolute Gasteiger partial charge is 0.141 e. The van der Waals surface area contributed by atoms with Crippen LogP contribution in [0.2, 0.25) is 0 Å². The summed E-state index contributed by atoms with van der Waals surface area (Å²) in [6.07, 6.45) is 1.35. The number of benzene rings is 2. The Labute approximate surface area is 123 Å². The summed E-state index contributed by atoms with van der Waals surface area (Å²) in [6, 6.07) is 11.0. The van der Waals surface area contributed by atoms with Gasteiger partial charge in [0.1, 0.15) is 23.0 Å². The van der Waals surface area contributed by atoms with Crippen LogP contribution in [0.3, 0.4) is 0 Å². The van der Waals surface area contributed by atoms with Gasteiger partial charge in [-0.15, -0.1) is 0 Å². The van der Waals surface area contributed by atoms with Crippen LogP contribution >= 0.6 is 11.8 Å². The van der Waals surface area contributed by atoms with Gasteiger partial charge < -0.3 is 0 Å². The molecule has 1 heterocycles. The van der Waals surface area contributed by atoms with E-state index < -0.39 is 11.6 Å². The summed E-state index contributed by atoms with van der Waals surface area (Å²) in [7, 11) is 0. The molecule has 3 rings (SSSR count). The summed E-state index contributed by atoms with van der Waals surface area (Å²) in [6.45, 7) is 0. The minimum Gasteiger partial charge on any atom is -0.236 e. The molecule has 0 N–H and O–H groups in total. The number of hydrogen-bond acceptors (Lipinski definition) is 4. The van der Waals surface area contributed by atoms with Gasteiger partial charge in [-0.25, -0.2) is 18.7 Å². The summed E-state index contributed by atoms with van der Waals surface area (Å²) in [4.78, 5) is 8.00. The van der Waals surface area contributed by atoms with Crippen molar-refractivity contribution in [3.8, 4) is 6.07 Å². The largest absolute Gasteiger partial charge is 0.236 e. The Kier molecular flexibility index (Phi) is 3.50. The molecule has 3 aromatic rings. The lowest BCUT2D eigenvalue weighted by Gasteiger charge is -2.07. The Bertz CT molecular complexity index is 846. The highest BCUT2D eigenvalue weighted by Gasteiger charge is 2.15. The summed E-state index contributed by atoms with van der Waals surface area (Å²) in [5.41, 5.74) is 0.645. The Hall–Kier alpha value is -2.52. The average Bonchev–Trinajstić information content (AvgIpc) is 2.50.